The highest BCUT2D eigenvalue weighted by molar-refractivity contribution is 7.91. The van der Waals surface area contributed by atoms with E-state index in [4.69, 9.17) is 11.6 Å². The van der Waals surface area contributed by atoms with Gasteiger partial charge in [0, 0.05) is 28.6 Å². The Labute approximate surface area is 151 Å². The van der Waals surface area contributed by atoms with Gasteiger partial charge in [-0.15, -0.1) is 0 Å². The van der Waals surface area contributed by atoms with Crippen molar-refractivity contribution in [3.8, 4) is 0 Å². The third kappa shape index (κ3) is 4.49. The minimum Gasteiger partial charge on any atom is -0.355 e. The Balaban J connectivity index is 1.70. The van der Waals surface area contributed by atoms with Gasteiger partial charge in [-0.05, 0) is 43.2 Å². The van der Waals surface area contributed by atoms with E-state index in [-0.39, 0.29) is 29.1 Å². The van der Waals surface area contributed by atoms with E-state index in [0.717, 1.165) is 11.3 Å². The van der Waals surface area contributed by atoms with E-state index >= 15 is 0 Å². The monoisotopic (exact) mass is 379 g/mol. The zero-order chi connectivity index (χ0) is 18.0. The number of pyridine rings is 1. The van der Waals surface area contributed by atoms with Crippen LogP contribution in [0.15, 0.2) is 36.5 Å². The Morgan fingerprint density at radius 1 is 1.24 bits per heavy atom. The van der Waals surface area contributed by atoms with Crippen LogP contribution >= 0.6 is 11.6 Å². The van der Waals surface area contributed by atoms with Crippen molar-refractivity contribution in [2.24, 2.45) is 0 Å². The van der Waals surface area contributed by atoms with Gasteiger partial charge in [-0.2, -0.15) is 0 Å². The zero-order valence-corrected chi connectivity index (χ0v) is 15.2. The summed E-state index contributed by atoms with van der Waals surface area (Å²) in [6, 6.07) is 8.61. The van der Waals surface area contributed by atoms with E-state index in [1.165, 1.54) is 6.20 Å². The average Bonchev–Trinajstić information content (AvgIpc) is 2.90. The van der Waals surface area contributed by atoms with E-state index in [0.29, 0.717) is 17.1 Å². The fraction of sp³-hybridized carbons (Fsp3) is 0.294. The molecule has 0 saturated carbocycles. The van der Waals surface area contributed by atoms with Gasteiger partial charge in [-0.25, -0.2) is 8.42 Å². The Morgan fingerprint density at radius 3 is 2.68 bits per heavy atom. The third-order valence-corrected chi connectivity index (χ3v) is 6.20. The smallest absolute Gasteiger partial charge is 0.270 e. The fourth-order valence-corrected chi connectivity index (χ4v) is 4.49. The molecule has 2 heterocycles. The number of carbonyl (C=O) groups excluding carboxylic acids is 1. The Kier molecular flexibility index (Phi) is 4.96. The lowest BCUT2D eigenvalue weighted by Gasteiger charge is -2.12. The van der Waals surface area contributed by atoms with Crippen molar-refractivity contribution in [3.05, 3.63) is 52.8 Å². The quantitative estimate of drug-likeness (QED) is 0.852. The molecule has 132 valence electrons. The number of halogens is 1. The predicted molar refractivity (Wildman–Crippen MR) is 98.2 cm³/mol. The minimum atomic E-state index is -3.04. The molecule has 1 amide bonds. The van der Waals surface area contributed by atoms with Crippen LogP contribution in [0, 0.1) is 6.92 Å². The number of rotatable bonds is 4. The summed E-state index contributed by atoms with van der Waals surface area (Å²) in [5.74, 6) is -0.285. The highest BCUT2D eigenvalue weighted by Gasteiger charge is 2.29. The first kappa shape index (κ1) is 17.7. The molecule has 0 bridgehead atoms. The van der Waals surface area contributed by atoms with E-state index in [2.05, 4.69) is 15.6 Å². The molecule has 6 nitrogen and oxygen atoms in total. The van der Waals surface area contributed by atoms with Gasteiger partial charge in [0.05, 0.1) is 11.5 Å². The molecule has 1 aromatic carbocycles. The van der Waals surface area contributed by atoms with Crippen LogP contribution in [0.2, 0.25) is 5.02 Å². The Bertz CT molecular complexity index is 915. The molecule has 1 aliphatic heterocycles. The number of benzene rings is 1. The van der Waals surface area contributed by atoms with Crippen molar-refractivity contribution in [1.82, 2.24) is 10.3 Å². The molecule has 8 heteroatoms. The number of nitrogens with one attached hydrogen (secondary N) is 2. The van der Waals surface area contributed by atoms with Crippen molar-refractivity contribution in [2.75, 3.05) is 16.8 Å². The first-order valence-corrected chi connectivity index (χ1v) is 10.0. The van der Waals surface area contributed by atoms with Crippen LogP contribution in [0.3, 0.4) is 0 Å². The third-order valence-electron chi connectivity index (χ3n) is 4.02. The number of nitrogens with zero attached hydrogens (tertiary/aromatic N) is 1. The summed E-state index contributed by atoms with van der Waals surface area (Å²) in [6.45, 7) is 1.92. The first-order chi connectivity index (χ1) is 11.8. The minimum absolute atomic E-state index is 0.0153. The van der Waals surface area contributed by atoms with Crippen molar-refractivity contribution >= 4 is 38.7 Å². The van der Waals surface area contributed by atoms with Gasteiger partial charge in [0.15, 0.2) is 9.84 Å². The Morgan fingerprint density at radius 2 is 2.00 bits per heavy atom. The summed E-state index contributed by atoms with van der Waals surface area (Å²) in [5, 5.41) is 6.55. The van der Waals surface area contributed by atoms with Gasteiger partial charge < -0.3 is 10.6 Å². The molecule has 2 N–H and O–H groups in total. The van der Waals surface area contributed by atoms with Crippen molar-refractivity contribution in [3.63, 3.8) is 0 Å². The molecule has 0 aliphatic carbocycles. The molecule has 2 aromatic rings. The van der Waals surface area contributed by atoms with E-state index in [1.54, 1.807) is 18.2 Å². The second kappa shape index (κ2) is 7.01. The van der Waals surface area contributed by atoms with E-state index in [9.17, 15) is 13.2 Å². The summed E-state index contributed by atoms with van der Waals surface area (Å²) in [6.07, 6.45) is 1.96. The summed E-state index contributed by atoms with van der Waals surface area (Å²) in [4.78, 5) is 16.4. The molecule has 1 aliphatic rings. The van der Waals surface area contributed by atoms with Gasteiger partial charge in [0.1, 0.15) is 5.69 Å². The van der Waals surface area contributed by atoms with Crippen LogP contribution in [-0.4, -0.2) is 36.9 Å². The second-order valence-electron chi connectivity index (χ2n) is 6.09. The van der Waals surface area contributed by atoms with Crippen molar-refractivity contribution in [2.45, 2.75) is 19.4 Å². The molecule has 1 fully saturated rings. The van der Waals surface area contributed by atoms with Crippen molar-refractivity contribution in [1.29, 1.82) is 0 Å². The van der Waals surface area contributed by atoms with Crippen LogP contribution < -0.4 is 10.6 Å². The molecule has 0 radical (unpaired) electrons. The number of aryl methyl sites for hydroxylation is 1. The van der Waals surface area contributed by atoms with E-state index < -0.39 is 9.84 Å². The molecule has 1 aromatic heterocycles. The van der Waals surface area contributed by atoms with Gasteiger partial charge in [-0.1, -0.05) is 17.7 Å². The molecule has 1 saturated heterocycles. The zero-order valence-electron chi connectivity index (χ0n) is 13.6. The molecule has 1 atom stereocenters. The molecule has 0 spiro atoms. The Hall–Kier alpha value is -2.12. The van der Waals surface area contributed by atoms with Crippen LogP contribution in [0.4, 0.5) is 11.4 Å². The maximum absolute atomic E-state index is 12.3. The van der Waals surface area contributed by atoms with Gasteiger partial charge in [0.2, 0.25) is 0 Å². The van der Waals surface area contributed by atoms with Crippen LogP contribution in [0.5, 0.6) is 0 Å². The maximum Gasteiger partial charge on any atom is 0.270 e. The number of hydrogen-bond donors (Lipinski definition) is 2. The second-order valence-corrected chi connectivity index (χ2v) is 8.73. The fourth-order valence-electron chi connectivity index (χ4n) is 2.64. The summed E-state index contributed by atoms with van der Waals surface area (Å²) < 4.78 is 23.0. The highest BCUT2D eigenvalue weighted by Crippen LogP contribution is 2.23. The number of anilines is 2. The van der Waals surface area contributed by atoms with Crippen LogP contribution in [0.25, 0.3) is 0 Å². The topological polar surface area (TPSA) is 88.2 Å². The van der Waals surface area contributed by atoms with Crippen molar-refractivity contribution < 1.29 is 13.2 Å². The number of sulfone groups is 1. The van der Waals surface area contributed by atoms with E-state index in [1.807, 2.05) is 19.1 Å². The number of carbonyl (C=O) groups is 1. The summed E-state index contributed by atoms with van der Waals surface area (Å²) in [5.41, 5.74) is 2.70. The molecule has 1 unspecified atom stereocenters. The predicted octanol–water partition coefficient (Wildman–Crippen LogP) is 2.70. The number of aromatic nitrogens is 1. The average molecular weight is 380 g/mol. The lowest BCUT2D eigenvalue weighted by Crippen LogP contribution is -2.36. The SMILES string of the molecule is Cc1ccc(Nc2ccnc(C(=O)NC3CCS(=O)(=O)C3)c2)cc1Cl. The normalized spacial score (nSPS) is 18.7. The van der Waals surface area contributed by atoms with Crippen LogP contribution in [-0.2, 0) is 9.84 Å². The largest absolute Gasteiger partial charge is 0.355 e. The van der Waals surface area contributed by atoms with Gasteiger partial charge in [0.25, 0.3) is 5.91 Å². The van der Waals surface area contributed by atoms with Gasteiger partial charge in [-0.3, -0.25) is 9.78 Å². The van der Waals surface area contributed by atoms with Crippen LogP contribution in [0.1, 0.15) is 22.5 Å². The molecular formula is C17H18ClN3O3S. The molecule has 3 rings (SSSR count). The number of amides is 1. The summed E-state index contributed by atoms with van der Waals surface area (Å²) >= 11 is 6.11. The lowest BCUT2D eigenvalue weighted by atomic mass is 10.2. The molecule has 25 heavy (non-hydrogen) atoms. The summed E-state index contributed by atoms with van der Waals surface area (Å²) in [7, 11) is -3.04. The van der Waals surface area contributed by atoms with Gasteiger partial charge >= 0.3 is 0 Å². The molecular weight excluding hydrogens is 362 g/mol. The standard InChI is InChI=1S/C17H18ClN3O3S/c1-11-2-3-12(8-15(11)18)20-13-4-6-19-16(9-13)17(22)21-14-5-7-25(23,24)10-14/h2-4,6,8-9,14H,5,7,10H2,1H3,(H,19,20)(H,21,22). The number of hydrogen-bond acceptors (Lipinski definition) is 5. The first-order valence-electron chi connectivity index (χ1n) is 7.83. The maximum atomic E-state index is 12.3. The highest BCUT2D eigenvalue weighted by atomic mass is 35.5. The lowest BCUT2D eigenvalue weighted by molar-refractivity contribution is 0.0936.